The summed E-state index contributed by atoms with van der Waals surface area (Å²) < 4.78 is 5.31. The second kappa shape index (κ2) is 3.27. The van der Waals surface area contributed by atoms with Crippen LogP contribution in [0.5, 0.6) is 0 Å². The van der Waals surface area contributed by atoms with Crippen molar-refractivity contribution in [1.82, 2.24) is 4.90 Å². The molecule has 4 nitrogen and oxygen atoms in total. The molecule has 2 heterocycles. The highest BCUT2D eigenvalue weighted by Crippen LogP contribution is 2.41. The smallest absolute Gasteiger partial charge is 0.248 e. The summed E-state index contributed by atoms with van der Waals surface area (Å²) in [5.74, 6) is 0.850. The minimum absolute atomic E-state index is 0.149. The average molecular weight is 185 g/mol. The maximum absolute atomic E-state index is 11.2. The monoisotopic (exact) mass is 185 g/mol. The molecule has 1 amide bonds. The van der Waals surface area contributed by atoms with Gasteiger partial charge < -0.3 is 14.7 Å². The molecule has 1 N–H and O–H groups in total. The first-order valence-corrected chi connectivity index (χ1v) is 4.67. The summed E-state index contributed by atoms with van der Waals surface area (Å²) in [5.41, 5.74) is 0. The van der Waals surface area contributed by atoms with Gasteiger partial charge in [-0.1, -0.05) is 0 Å². The Labute approximate surface area is 77.5 Å². The summed E-state index contributed by atoms with van der Waals surface area (Å²) in [5, 5.41) is 8.69. The van der Waals surface area contributed by atoms with Gasteiger partial charge in [0.2, 0.25) is 5.91 Å². The highest BCUT2D eigenvalue weighted by molar-refractivity contribution is 5.77. The highest BCUT2D eigenvalue weighted by Gasteiger charge is 2.47. The second-order valence-electron chi connectivity index (χ2n) is 3.91. The lowest BCUT2D eigenvalue weighted by Crippen LogP contribution is -2.60. The zero-order valence-corrected chi connectivity index (χ0v) is 7.77. The van der Waals surface area contributed by atoms with Crippen molar-refractivity contribution < 1.29 is 14.6 Å². The molecule has 3 rings (SSSR count). The van der Waals surface area contributed by atoms with E-state index in [9.17, 15) is 4.79 Å². The van der Waals surface area contributed by atoms with Crippen LogP contribution in [0.2, 0.25) is 0 Å². The van der Waals surface area contributed by atoms with Crippen LogP contribution in [0, 0.1) is 11.8 Å². The number of carbonyl (C=O) groups is 1. The van der Waals surface area contributed by atoms with Crippen molar-refractivity contribution in [3.63, 3.8) is 0 Å². The number of hydrogen-bond acceptors (Lipinski definition) is 3. The molecule has 0 aromatic carbocycles. The lowest BCUT2D eigenvalue weighted by Gasteiger charge is -2.52. The molecule has 74 valence electrons. The van der Waals surface area contributed by atoms with E-state index >= 15 is 0 Å². The van der Waals surface area contributed by atoms with Gasteiger partial charge in [0.1, 0.15) is 6.61 Å². The van der Waals surface area contributed by atoms with E-state index in [2.05, 4.69) is 0 Å². The minimum Gasteiger partial charge on any atom is -0.387 e. The van der Waals surface area contributed by atoms with Gasteiger partial charge in [0, 0.05) is 32.0 Å². The molecule has 3 fully saturated rings. The second-order valence-corrected chi connectivity index (χ2v) is 3.91. The van der Waals surface area contributed by atoms with E-state index < -0.39 is 0 Å². The Morgan fingerprint density at radius 1 is 1.54 bits per heavy atom. The lowest BCUT2D eigenvalue weighted by molar-refractivity contribution is -0.158. The number of aliphatic hydroxyl groups is 1. The van der Waals surface area contributed by atoms with Gasteiger partial charge in [-0.15, -0.1) is 0 Å². The zero-order valence-electron chi connectivity index (χ0n) is 7.77. The molecule has 0 spiro atoms. The molecular formula is C9H15NO3. The molecule has 2 atom stereocenters. The predicted molar refractivity (Wildman–Crippen MR) is 46.1 cm³/mol. The lowest BCUT2D eigenvalue weighted by atomic mass is 9.68. The minimum atomic E-state index is -0.364. The Kier molecular flexibility index (Phi) is 2.26. The number of aliphatic hydroxyl groups excluding tert-OH is 1. The van der Waals surface area contributed by atoms with Crippen molar-refractivity contribution in [1.29, 1.82) is 0 Å². The fraction of sp³-hybridized carbons (Fsp3) is 0.889. The van der Waals surface area contributed by atoms with E-state index in [1.54, 1.807) is 12.0 Å². The van der Waals surface area contributed by atoms with Gasteiger partial charge in [0.25, 0.3) is 0 Å². The van der Waals surface area contributed by atoms with Crippen LogP contribution in [0.15, 0.2) is 0 Å². The quantitative estimate of drug-likeness (QED) is 0.629. The van der Waals surface area contributed by atoms with Crippen molar-refractivity contribution >= 4 is 5.91 Å². The number of methoxy groups -OCH3 is 1. The van der Waals surface area contributed by atoms with E-state index in [0.717, 1.165) is 13.1 Å². The largest absolute Gasteiger partial charge is 0.387 e. The number of rotatable bonds is 2. The molecule has 0 radical (unpaired) electrons. The van der Waals surface area contributed by atoms with Gasteiger partial charge in [-0.25, -0.2) is 0 Å². The summed E-state index contributed by atoms with van der Waals surface area (Å²) in [4.78, 5) is 12.9. The Morgan fingerprint density at radius 3 is 2.62 bits per heavy atom. The Balaban J connectivity index is 1.92. The maximum Gasteiger partial charge on any atom is 0.248 e. The van der Waals surface area contributed by atoms with E-state index in [1.807, 2.05) is 0 Å². The van der Waals surface area contributed by atoms with E-state index in [-0.39, 0.29) is 12.5 Å². The van der Waals surface area contributed by atoms with Gasteiger partial charge in [0.05, 0.1) is 6.10 Å². The molecule has 2 aliphatic heterocycles. The van der Waals surface area contributed by atoms with Gasteiger partial charge in [-0.2, -0.15) is 0 Å². The van der Waals surface area contributed by atoms with Gasteiger partial charge in [-0.05, 0) is 6.42 Å². The number of amides is 1. The number of fused-ring (bicyclic) bond motifs is 2. The normalized spacial score (nSPS) is 37.1. The molecule has 0 aromatic rings. The fourth-order valence-electron chi connectivity index (χ4n) is 2.53. The molecule has 0 aromatic heterocycles. The molecular weight excluding hydrogens is 170 g/mol. The number of carbonyl (C=O) groups excluding carboxylic acids is 1. The van der Waals surface area contributed by atoms with E-state index in [4.69, 9.17) is 9.84 Å². The first kappa shape index (κ1) is 8.97. The van der Waals surface area contributed by atoms with Crippen LogP contribution in [-0.4, -0.2) is 48.8 Å². The molecule has 1 aliphatic carbocycles. The van der Waals surface area contributed by atoms with Crippen LogP contribution in [0.25, 0.3) is 0 Å². The van der Waals surface area contributed by atoms with Crippen LogP contribution in [0.3, 0.4) is 0 Å². The SMILES string of the molecule is COC1C2CC1CN(C(=O)CO)C2. The van der Waals surface area contributed by atoms with E-state index in [1.165, 1.54) is 6.42 Å². The zero-order chi connectivity index (χ0) is 9.42. The predicted octanol–water partition coefficient (Wildman–Crippen LogP) is -0.528. The topological polar surface area (TPSA) is 49.8 Å². The highest BCUT2D eigenvalue weighted by atomic mass is 16.5. The summed E-state index contributed by atoms with van der Waals surface area (Å²) in [7, 11) is 1.73. The van der Waals surface area contributed by atoms with Crippen LogP contribution >= 0.6 is 0 Å². The molecule has 4 heteroatoms. The third kappa shape index (κ3) is 1.34. The molecule has 1 saturated carbocycles. The van der Waals surface area contributed by atoms with Crippen LogP contribution in [-0.2, 0) is 9.53 Å². The summed E-state index contributed by atoms with van der Waals surface area (Å²) in [6, 6.07) is 0. The van der Waals surface area contributed by atoms with Crippen molar-refractivity contribution in [3.8, 4) is 0 Å². The third-order valence-corrected chi connectivity index (χ3v) is 3.20. The first-order valence-electron chi connectivity index (χ1n) is 4.67. The third-order valence-electron chi connectivity index (χ3n) is 3.20. The molecule has 13 heavy (non-hydrogen) atoms. The average Bonchev–Trinajstić information content (AvgIpc) is 2.17. The van der Waals surface area contributed by atoms with Gasteiger partial charge in [0.15, 0.2) is 0 Å². The van der Waals surface area contributed by atoms with Crippen LogP contribution < -0.4 is 0 Å². The summed E-state index contributed by atoms with van der Waals surface area (Å²) >= 11 is 0. The van der Waals surface area contributed by atoms with Crippen molar-refractivity contribution in [3.05, 3.63) is 0 Å². The molecule has 2 saturated heterocycles. The Bertz CT molecular complexity index is 207. The Hall–Kier alpha value is -0.610. The molecule has 3 aliphatic rings. The van der Waals surface area contributed by atoms with E-state index in [0.29, 0.717) is 17.9 Å². The standard InChI is InChI=1S/C9H15NO3/c1-13-9-6-2-7(9)4-10(3-6)8(12)5-11/h6-7,9,11H,2-5H2,1H3. The first-order chi connectivity index (χ1) is 6.26. The molecule has 2 bridgehead atoms. The van der Waals surface area contributed by atoms with Crippen molar-refractivity contribution in [2.75, 3.05) is 26.8 Å². The summed E-state index contributed by atoms with van der Waals surface area (Å²) in [6.45, 7) is 1.15. The van der Waals surface area contributed by atoms with Crippen molar-refractivity contribution in [2.45, 2.75) is 12.5 Å². The maximum atomic E-state index is 11.2. The number of ether oxygens (including phenoxy) is 1. The fourth-order valence-corrected chi connectivity index (χ4v) is 2.53. The Morgan fingerprint density at radius 2 is 2.15 bits per heavy atom. The molecule has 2 unspecified atom stereocenters. The number of hydrogen-bond donors (Lipinski definition) is 1. The van der Waals surface area contributed by atoms with Crippen LogP contribution in [0.1, 0.15) is 6.42 Å². The number of nitrogens with zero attached hydrogens (tertiary/aromatic N) is 1. The van der Waals surface area contributed by atoms with Gasteiger partial charge in [-0.3, -0.25) is 4.79 Å². The number of piperidine rings is 2. The van der Waals surface area contributed by atoms with Crippen LogP contribution in [0.4, 0.5) is 0 Å². The van der Waals surface area contributed by atoms with Crippen molar-refractivity contribution in [2.24, 2.45) is 11.8 Å². The van der Waals surface area contributed by atoms with Gasteiger partial charge >= 0.3 is 0 Å². The summed E-state index contributed by atoms with van der Waals surface area (Å²) in [6.07, 6.45) is 1.52.